The standard InChI is InChI=1S/C16H25BrN4O2.HI/c1-18-16(21-10-5-11-23-2)20-9-4-8-19-15(22)13-6-3-7-14(17)12-13;/h3,6-7,12H,4-5,8-11H2,1-2H3,(H,19,22)(H2,18,20,21);1H. The number of methoxy groups -OCH3 is 1. The summed E-state index contributed by atoms with van der Waals surface area (Å²) >= 11 is 3.36. The van der Waals surface area contributed by atoms with Gasteiger partial charge in [-0.3, -0.25) is 9.79 Å². The fourth-order valence-electron chi connectivity index (χ4n) is 1.87. The molecule has 0 unspecified atom stereocenters. The number of rotatable bonds is 9. The Morgan fingerprint density at radius 3 is 2.46 bits per heavy atom. The predicted molar refractivity (Wildman–Crippen MR) is 112 cm³/mol. The molecule has 3 N–H and O–H groups in total. The quantitative estimate of drug-likeness (QED) is 0.205. The van der Waals surface area contributed by atoms with Crippen LogP contribution in [0.4, 0.5) is 0 Å². The molecule has 0 aromatic heterocycles. The lowest BCUT2D eigenvalue weighted by Gasteiger charge is -2.12. The number of carbonyl (C=O) groups is 1. The van der Waals surface area contributed by atoms with Crippen molar-refractivity contribution < 1.29 is 9.53 Å². The van der Waals surface area contributed by atoms with E-state index in [1.165, 1.54) is 0 Å². The van der Waals surface area contributed by atoms with Gasteiger partial charge in [0.25, 0.3) is 5.91 Å². The van der Waals surface area contributed by atoms with E-state index in [1.54, 1.807) is 26.3 Å². The first-order chi connectivity index (χ1) is 11.2. The van der Waals surface area contributed by atoms with Crippen molar-refractivity contribution in [3.63, 3.8) is 0 Å². The average Bonchev–Trinajstić information content (AvgIpc) is 2.56. The van der Waals surface area contributed by atoms with Crippen molar-refractivity contribution in [2.24, 2.45) is 4.99 Å². The molecule has 0 bridgehead atoms. The van der Waals surface area contributed by atoms with Crippen molar-refractivity contribution in [1.82, 2.24) is 16.0 Å². The van der Waals surface area contributed by atoms with Crippen LogP contribution >= 0.6 is 39.9 Å². The molecule has 1 aromatic rings. The Morgan fingerprint density at radius 2 is 1.83 bits per heavy atom. The van der Waals surface area contributed by atoms with Crippen LogP contribution in [0.1, 0.15) is 23.2 Å². The number of hydrogen-bond donors (Lipinski definition) is 3. The molecule has 0 aliphatic carbocycles. The van der Waals surface area contributed by atoms with E-state index in [9.17, 15) is 4.79 Å². The van der Waals surface area contributed by atoms with Crippen LogP contribution in [-0.4, -0.2) is 52.3 Å². The Kier molecular flexibility index (Phi) is 13.9. The van der Waals surface area contributed by atoms with Gasteiger partial charge in [0.2, 0.25) is 0 Å². The molecule has 0 aliphatic heterocycles. The number of halogens is 2. The topological polar surface area (TPSA) is 74.8 Å². The first-order valence-electron chi connectivity index (χ1n) is 7.64. The maximum atomic E-state index is 12.0. The van der Waals surface area contributed by atoms with E-state index in [1.807, 2.05) is 12.1 Å². The summed E-state index contributed by atoms with van der Waals surface area (Å²) in [5.74, 6) is 0.702. The molecule has 0 saturated carbocycles. The predicted octanol–water partition coefficient (Wildman–Crippen LogP) is 2.39. The van der Waals surface area contributed by atoms with E-state index in [2.05, 4.69) is 36.9 Å². The summed E-state index contributed by atoms with van der Waals surface area (Å²) in [6, 6.07) is 7.34. The van der Waals surface area contributed by atoms with Crippen LogP contribution in [0.3, 0.4) is 0 Å². The highest BCUT2D eigenvalue weighted by Gasteiger charge is 2.04. The van der Waals surface area contributed by atoms with Gasteiger partial charge in [0, 0.05) is 50.4 Å². The number of aliphatic imine (C=N–C) groups is 1. The van der Waals surface area contributed by atoms with E-state index in [4.69, 9.17) is 4.74 Å². The van der Waals surface area contributed by atoms with Gasteiger partial charge in [0.15, 0.2) is 5.96 Å². The molecular weight excluding hydrogens is 487 g/mol. The van der Waals surface area contributed by atoms with Crippen molar-refractivity contribution in [3.05, 3.63) is 34.3 Å². The number of carbonyl (C=O) groups excluding carboxylic acids is 1. The van der Waals surface area contributed by atoms with Crippen LogP contribution in [0.5, 0.6) is 0 Å². The SMILES string of the molecule is CN=C(NCCCNC(=O)c1cccc(Br)c1)NCCCOC.I. The van der Waals surface area contributed by atoms with Crippen molar-refractivity contribution >= 4 is 51.8 Å². The minimum Gasteiger partial charge on any atom is -0.385 e. The molecule has 24 heavy (non-hydrogen) atoms. The van der Waals surface area contributed by atoms with Crippen molar-refractivity contribution in [3.8, 4) is 0 Å². The highest BCUT2D eigenvalue weighted by Crippen LogP contribution is 2.11. The Bertz CT molecular complexity index is 515. The smallest absolute Gasteiger partial charge is 0.251 e. The molecule has 1 rings (SSSR count). The largest absolute Gasteiger partial charge is 0.385 e. The fourth-order valence-corrected chi connectivity index (χ4v) is 2.27. The second-order valence-electron chi connectivity index (χ2n) is 4.89. The van der Waals surface area contributed by atoms with E-state index in [0.717, 1.165) is 43.0 Å². The molecule has 136 valence electrons. The van der Waals surface area contributed by atoms with Crippen molar-refractivity contribution in [1.29, 1.82) is 0 Å². The summed E-state index contributed by atoms with van der Waals surface area (Å²) in [6.07, 6.45) is 1.75. The zero-order valence-electron chi connectivity index (χ0n) is 14.1. The summed E-state index contributed by atoms with van der Waals surface area (Å²) in [5, 5.41) is 9.31. The van der Waals surface area contributed by atoms with E-state index in [0.29, 0.717) is 12.1 Å². The molecule has 8 heteroatoms. The van der Waals surface area contributed by atoms with Crippen molar-refractivity contribution in [2.75, 3.05) is 40.4 Å². The first-order valence-corrected chi connectivity index (χ1v) is 8.44. The molecule has 0 saturated heterocycles. The Balaban J connectivity index is 0.00000529. The number of ether oxygens (including phenoxy) is 1. The molecule has 0 spiro atoms. The molecule has 0 heterocycles. The van der Waals surface area contributed by atoms with Crippen LogP contribution in [0.25, 0.3) is 0 Å². The Morgan fingerprint density at radius 1 is 1.17 bits per heavy atom. The lowest BCUT2D eigenvalue weighted by Crippen LogP contribution is -2.39. The molecular formula is C16H26BrIN4O2. The van der Waals surface area contributed by atoms with Gasteiger partial charge in [-0.25, -0.2) is 0 Å². The molecule has 0 atom stereocenters. The maximum absolute atomic E-state index is 12.0. The number of guanidine groups is 1. The number of nitrogens with one attached hydrogen (secondary N) is 3. The first kappa shape index (κ1) is 23.1. The number of benzene rings is 1. The zero-order valence-corrected chi connectivity index (χ0v) is 18.0. The monoisotopic (exact) mass is 512 g/mol. The normalized spacial score (nSPS) is 10.7. The second-order valence-corrected chi connectivity index (χ2v) is 5.81. The van der Waals surface area contributed by atoms with E-state index < -0.39 is 0 Å². The van der Waals surface area contributed by atoms with Gasteiger partial charge >= 0.3 is 0 Å². The Hall–Kier alpha value is -0.870. The fraction of sp³-hybridized carbons (Fsp3) is 0.500. The molecule has 0 aliphatic rings. The lowest BCUT2D eigenvalue weighted by atomic mass is 10.2. The summed E-state index contributed by atoms with van der Waals surface area (Å²) in [6.45, 7) is 2.89. The third-order valence-corrected chi connectivity index (χ3v) is 3.55. The second kappa shape index (κ2) is 14.5. The van der Waals surface area contributed by atoms with Crippen molar-refractivity contribution in [2.45, 2.75) is 12.8 Å². The minimum atomic E-state index is -0.0617. The van der Waals surface area contributed by atoms with Gasteiger partial charge < -0.3 is 20.7 Å². The summed E-state index contributed by atoms with van der Waals surface area (Å²) < 4.78 is 5.89. The van der Waals surface area contributed by atoms with Gasteiger partial charge in [0.05, 0.1) is 0 Å². The van der Waals surface area contributed by atoms with E-state index >= 15 is 0 Å². The highest BCUT2D eigenvalue weighted by molar-refractivity contribution is 14.0. The van der Waals surface area contributed by atoms with Gasteiger partial charge in [-0.2, -0.15) is 0 Å². The van der Waals surface area contributed by atoms with Crippen LogP contribution in [0.2, 0.25) is 0 Å². The van der Waals surface area contributed by atoms with Gasteiger partial charge in [-0.05, 0) is 31.0 Å². The summed E-state index contributed by atoms with van der Waals surface area (Å²) in [4.78, 5) is 16.1. The minimum absolute atomic E-state index is 0. The Labute approximate surface area is 169 Å². The zero-order chi connectivity index (χ0) is 16.9. The number of nitrogens with zero attached hydrogens (tertiary/aromatic N) is 1. The van der Waals surface area contributed by atoms with Crippen LogP contribution in [0.15, 0.2) is 33.7 Å². The average molecular weight is 513 g/mol. The van der Waals surface area contributed by atoms with Crippen LogP contribution in [-0.2, 0) is 4.74 Å². The molecule has 6 nitrogen and oxygen atoms in total. The summed E-state index contributed by atoms with van der Waals surface area (Å²) in [5.41, 5.74) is 0.656. The van der Waals surface area contributed by atoms with Crippen LogP contribution < -0.4 is 16.0 Å². The highest BCUT2D eigenvalue weighted by atomic mass is 127. The van der Waals surface area contributed by atoms with Gasteiger partial charge in [0.1, 0.15) is 0 Å². The molecule has 1 aromatic carbocycles. The number of hydrogen-bond acceptors (Lipinski definition) is 3. The molecule has 1 amide bonds. The lowest BCUT2D eigenvalue weighted by molar-refractivity contribution is 0.0953. The van der Waals surface area contributed by atoms with Gasteiger partial charge in [-0.1, -0.05) is 22.0 Å². The maximum Gasteiger partial charge on any atom is 0.251 e. The molecule has 0 fully saturated rings. The summed E-state index contributed by atoms with van der Waals surface area (Å²) in [7, 11) is 3.43. The van der Waals surface area contributed by atoms with Crippen LogP contribution in [0, 0.1) is 0 Å². The third kappa shape index (κ3) is 10.1. The number of amides is 1. The van der Waals surface area contributed by atoms with E-state index in [-0.39, 0.29) is 29.9 Å². The third-order valence-electron chi connectivity index (χ3n) is 3.06. The molecule has 0 radical (unpaired) electrons. The van der Waals surface area contributed by atoms with Gasteiger partial charge in [-0.15, -0.1) is 24.0 Å².